The summed E-state index contributed by atoms with van der Waals surface area (Å²) in [5, 5.41) is 0. The Kier molecular flexibility index (Phi) is 2.77. The second kappa shape index (κ2) is 3.73. The topological polar surface area (TPSA) is 52.3 Å². The maximum Gasteiger partial charge on any atom is 0.322 e. The minimum atomic E-state index is -0.443. The fourth-order valence-corrected chi connectivity index (χ4v) is 4.09. The molecule has 0 amide bonds. The minimum Gasteiger partial charge on any atom is -0.468 e. The van der Waals surface area contributed by atoms with Gasteiger partial charge in [0.1, 0.15) is 6.04 Å². The summed E-state index contributed by atoms with van der Waals surface area (Å²) in [4.78, 5) is 11.4. The van der Waals surface area contributed by atoms with Gasteiger partial charge in [-0.15, -0.1) is 0 Å². The van der Waals surface area contributed by atoms with Crippen LogP contribution in [-0.4, -0.2) is 19.1 Å². The number of nitrogens with two attached hydrogens (primary N) is 1. The highest BCUT2D eigenvalue weighted by atomic mass is 16.5. The van der Waals surface area contributed by atoms with Crippen molar-refractivity contribution in [2.24, 2.45) is 22.5 Å². The van der Waals surface area contributed by atoms with Crippen LogP contribution in [0.5, 0.6) is 0 Å². The van der Waals surface area contributed by atoms with E-state index in [-0.39, 0.29) is 11.4 Å². The molecule has 0 heterocycles. The quantitative estimate of drug-likeness (QED) is 0.748. The highest BCUT2D eigenvalue weighted by molar-refractivity contribution is 5.75. The Morgan fingerprint density at radius 1 is 1.44 bits per heavy atom. The molecule has 0 aromatic rings. The Balaban J connectivity index is 2.12. The van der Waals surface area contributed by atoms with Gasteiger partial charge >= 0.3 is 5.97 Å². The Morgan fingerprint density at radius 3 is 2.38 bits per heavy atom. The fraction of sp³-hybridized carbons (Fsp3) is 0.923. The molecule has 0 aromatic heterocycles. The molecule has 2 saturated carbocycles. The number of rotatable bonds is 3. The van der Waals surface area contributed by atoms with E-state index < -0.39 is 6.04 Å². The standard InChI is InChI=1S/C13H23NO2/c1-12(2)9-4-6-13(12,7-5-9)8-10(14)11(15)16-3/h9-10H,4-8,14H2,1-3H3/t9?,10-,13?/m0/s1. The third-order valence-electron chi connectivity index (χ3n) is 5.44. The van der Waals surface area contributed by atoms with E-state index in [1.807, 2.05) is 0 Å². The Morgan fingerprint density at radius 2 is 2.00 bits per heavy atom. The van der Waals surface area contributed by atoms with Gasteiger partial charge in [0.2, 0.25) is 0 Å². The molecule has 3 nitrogen and oxygen atoms in total. The predicted molar refractivity (Wildman–Crippen MR) is 62.8 cm³/mol. The third-order valence-corrected chi connectivity index (χ3v) is 5.44. The maximum absolute atomic E-state index is 11.4. The zero-order chi connectivity index (χ0) is 12.0. The summed E-state index contributed by atoms with van der Waals surface area (Å²) < 4.78 is 4.73. The van der Waals surface area contributed by atoms with Gasteiger partial charge < -0.3 is 10.5 Å². The molecule has 1 atom stereocenters. The minimum absolute atomic E-state index is 0.263. The van der Waals surface area contributed by atoms with Crippen molar-refractivity contribution in [2.45, 2.75) is 52.0 Å². The van der Waals surface area contributed by atoms with Crippen LogP contribution in [-0.2, 0) is 9.53 Å². The van der Waals surface area contributed by atoms with Crippen molar-refractivity contribution in [1.29, 1.82) is 0 Å². The van der Waals surface area contributed by atoms with Gasteiger partial charge in [0.15, 0.2) is 0 Å². The van der Waals surface area contributed by atoms with Gasteiger partial charge in [0, 0.05) is 0 Å². The van der Waals surface area contributed by atoms with Crippen LogP contribution in [0.2, 0.25) is 0 Å². The molecular formula is C13H23NO2. The predicted octanol–water partition coefficient (Wildman–Crippen LogP) is 2.09. The molecule has 2 rings (SSSR count). The molecule has 92 valence electrons. The van der Waals surface area contributed by atoms with Crippen molar-refractivity contribution in [3.8, 4) is 0 Å². The summed E-state index contributed by atoms with van der Waals surface area (Å²) in [5.74, 6) is 0.567. The van der Waals surface area contributed by atoms with Crippen LogP contribution in [0.15, 0.2) is 0 Å². The van der Waals surface area contributed by atoms with E-state index >= 15 is 0 Å². The average molecular weight is 225 g/mol. The summed E-state index contributed by atoms with van der Waals surface area (Å²) in [5.41, 5.74) is 6.56. The van der Waals surface area contributed by atoms with Gasteiger partial charge in [-0.1, -0.05) is 13.8 Å². The van der Waals surface area contributed by atoms with Crippen LogP contribution >= 0.6 is 0 Å². The number of methoxy groups -OCH3 is 1. The molecule has 0 saturated heterocycles. The Bertz CT molecular complexity index is 290. The molecule has 0 unspecified atom stereocenters. The van der Waals surface area contributed by atoms with Gasteiger partial charge in [0.05, 0.1) is 7.11 Å². The number of fused-ring (bicyclic) bond motifs is 2. The Labute approximate surface area is 97.7 Å². The van der Waals surface area contributed by atoms with Crippen molar-refractivity contribution in [2.75, 3.05) is 7.11 Å². The van der Waals surface area contributed by atoms with E-state index in [9.17, 15) is 4.79 Å². The van der Waals surface area contributed by atoms with Crippen molar-refractivity contribution in [1.82, 2.24) is 0 Å². The van der Waals surface area contributed by atoms with E-state index in [0.717, 1.165) is 12.3 Å². The van der Waals surface area contributed by atoms with Crippen LogP contribution in [0.1, 0.15) is 46.0 Å². The van der Waals surface area contributed by atoms with Crippen LogP contribution in [0.4, 0.5) is 0 Å². The van der Waals surface area contributed by atoms with Crippen molar-refractivity contribution >= 4 is 5.97 Å². The van der Waals surface area contributed by atoms with Gasteiger partial charge in [-0.05, 0) is 48.9 Å². The molecule has 0 aliphatic heterocycles. The molecule has 2 fully saturated rings. The van der Waals surface area contributed by atoms with E-state index in [4.69, 9.17) is 10.5 Å². The highest BCUT2D eigenvalue weighted by Crippen LogP contribution is 2.67. The monoisotopic (exact) mass is 225 g/mol. The van der Waals surface area contributed by atoms with Gasteiger partial charge in [0.25, 0.3) is 0 Å². The number of hydrogen-bond acceptors (Lipinski definition) is 3. The average Bonchev–Trinajstić information content (AvgIpc) is 2.63. The van der Waals surface area contributed by atoms with E-state index in [1.54, 1.807) is 0 Å². The zero-order valence-electron chi connectivity index (χ0n) is 10.6. The summed E-state index contributed by atoms with van der Waals surface area (Å²) in [6, 6.07) is -0.443. The van der Waals surface area contributed by atoms with Crippen LogP contribution in [0.25, 0.3) is 0 Å². The molecule has 2 aliphatic rings. The molecule has 3 heteroatoms. The number of ether oxygens (including phenoxy) is 1. The number of hydrogen-bond donors (Lipinski definition) is 1. The first-order chi connectivity index (χ1) is 7.43. The lowest BCUT2D eigenvalue weighted by molar-refractivity contribution is -0.143. The van der Waals surface area contributed by atoms with E-state index in [1.165, 1.54) is 32.8 Å². The first-order valence-corrected chi connectivity index (χ1v) is 6.26. The molecule has 0 aromatic carbocycles. The lowest BCUT2D eigenvalue weighted by atomic mass is 9.66. The Hall–Kier alpha value is -0.570. The normalized spacial score (nSPS) is 37.4. The smallest absolute Gasteiger partial charge is 0.322 e. The molecule has 0 radical (unpaired) electrons. The summed E-state index contributed by atoms with van der Waals surface area (Å²) >= 11 is 0. The zero-order valence-corrected chi connectivity index (χ0v) is 10.6. The SMILES string of the molecule is COC(=O)[C@@H](N)CC12CCC(CC1)C2(C)C. The molecular weight excluding hydrogens is 202 g/mol. The van der Waals surface area contributed by atoms with E-state index in [2.05, 4.69) is 13.8 Å². The first-order valence-electron chi connectivity index (χ1n) is 6.26. The van der Waals surface area contributed by atoms with Gasteiger partial charge in [-0.2, -0.15) is 0 Å². The van der Waals surface area contributed by atoms with Crippen molar-refractivity contribution < 1.29 is 9.53 Å². The van der Waals surface area contributed by atoms with Gasteiger partial charge in [-0.3, -0.25) is 4.79 Å². The fourth-order valence-electron chi connectivity index (χ4n) is 4.09. The van der Waals surface area contributed by atoms with Crippen LogP contribution in [0.3, 0.4) is 0 Å². The van der Waals surface area contributed by atoms with Crippen LogP contribution < -0.4 is 5.73 Å². The number of esters is 1. The second-order valence-electron chi connectivity index (χ2n) is 6.11. The number of carbonyl (C=O) groups is 1. The first kappa shape index (κ1) is 11.9. The summed E-state index contributed by atoms with van der Waals surface area (Å²) in [6.07, 6.45) is 5.87. The largest absolute Gasteiger partial charge is 0.468 e. The van der Waals surface area contributed by atoms with Crippen molar-refractivity contribution in [3.63, 3.8) is 0 Å². The second-order valence-corrected chi connectivity index (χ2v) is 6.11. The lowest BCUT2D eigenvalue weighted by Crippen LogP contribution is -2.41. The lowest BCUT2D eigenvalue weighted by Gasteiger charge is -2.39. The van der Waals surface area contributed by atoms with Gasteiger partial charge in [-0.25, -0.2) is 0 Å². The molecule has 2 aliphatic carbocycles. The molecule has 2 N–H and O–H groups in total. The molecule has 2 bridgehead atoms. The third kappa shape index (κ3) is 1.48. The summed E-state index contributed by atoms with van der Waals surface area (Å²) in [7, 11) is 1.41. The van der Waals surface area contributed by atoms with Crippen LogP contribution in [0, 0.1) is 16.7 Å². The highest BCUT2D eigenvalue weighted by Gasteiger charge is 2.59. The number of carbonyl (C=O) groups excluding carboxylic acids is 1. The maximum atomic E-state index is 11.4. The molecule has 0 spiro atoms. The summed E-state index contributed by atoms with van der Waals surface area (Å²) in [6.45, 7) is 4.70. The van der Waals surface area contributed by atoms with Crippen molar-refractivity contribution in [3.05, 3.63) is 0 Å². The van der Waals surface area contributed by atoms with E-state index in [0.29, 0.717) is 5.41 Å². The molecule has 16 heavy (non-hydrogen) atoms.